The Bertz CT molecular complexity index is 99.8. The Morgan fingerprint density at radius 3 is 1.70 bits per heavy atom. The highest BCUT2D eigenvalue weighted by Crippen LogP contribution is 2.27. The Morgan fingerprint density at radius 2 is 1.30 bits per heavy atom. The lowest BCUT2D eigenvalue weighted by atomic mass is 9.91. The smallest absolute Gasteiger partial charge is 0.0837 e. The zero-order chi connectivity index (χ0) is 6.81. The van der Waals surface area contributed by atoms with Gasteiger partial charge in [0, 0.05) is 13.2 Å². The van der Waals surface area contributed by atoms with Crippen LogP contribution in [0.25, 0.3) is 0 Å². The summed E-state index contributed by atoms with van der Waals surface area (Å²) in [6.07, 6.45) is 5.66. The van der Waals surface area contributed by atoms with Gasteiger partial charge in [-0.05, 0) is 25.7 Å². The Balaban J connectivity index is 1.83. The van der Waals surface area contributed by atoms with Crippen molar-refractivity contribution >= 4 is 0 Å². The minimum atomic E-state index is 0.445. The summed E-state index contributed by atoms with van der Waals surface area (Å²) in [5, 5.41) is 0. The fourth-order valence-corrected chi connectivity index (χ4v) is 1.49. The predicted molar refractivity (Wildman–Crippen MR) is 37.9 cm³/mol. The van der Waals surface area contributed by atoms with E-state index in [0.717, 1.165) is 13.2 Å². The van der Waals surface area contributed by atoms with Gasteiger partial charge in [-0.1, -0.05) is 0 Å². The first-order chi connectivity index (χ1) is 4.97. The van der Waals surface area contributed by atoms with Crippen molar-refractivity contribution in [2.24, 2.45) is 0 Å². The quantitative estimate of drug-likeness (QED) is 0.508. The summed E-state index contributed by atoms with van der Waals surface area (Å²) >= 11 is 0. The second-order valence-corrected chi connectivity index (χ2v) is 3.10. The SMILES string of the molecule is C1CCOC2CCC2OC1. The van der Waals surface area contributed by atoms with Crippen molar-refractivity contribution in [1.82, 2.24) is 0 Å². The molecule has 2 unspecified atom stereocenters. The predicted octanol–water partition coefficient (Wildman–Crippen LogP) is 1.34. The summed E-state index contributed by atoms with van der Waals surface area (Å²) in [5.41, 5.74) is 0. The first-order valence-electron chi connectivity index (χ1n) is 4.20. The summed E-state index contributed by atoms with van der Waals surface area (Å²) in [4.78, 5) is 0. The summed E-state index contributed by atoms with van der Waals surface area (Å²) in [5.74, 6) is 0. The fraction of sp³-hybridized carbons (Fsp3) is 1.00. The van der Waals surface area contributed by atoms with Crippen LogP contribution in [-0.4, -0.2) is 25.4 Å². The van der Waals surface area contributed by atoms with Crippen LogP contribution in [0.2, 0.25) is 0 Å². The first-order valence-corrected chi connectivity index (χ1v) is 4.20. The number of ether oxygens (including phenoxy) is 2. The van der Waals surface area contributed by atoms with Gasteiger partial charge in [0.15, 0.2) is 0 Å². The van der Waals surface area contributed by atoms with E-state index in [0.29, 0.717) is 12.2 Å². The number of hydrogen-bond donors (Lipinski definition) is 0. The van der Waals surface area contributed by atoms with Gasteiger partial charge in [0.25, 0.3) is 0 Å². The van der Waals surface area contributed by atoms with Crippen LogP contribution in [0.15, 0.2) is 0 Å². The molecule has 0 amide bonds. The van der Waals surface area contributed by atoms with E-state index in [1.807, 2.05) is 0 Å². The molecule has 1 saturated heterocycles. The van der Waals surface area contributed by atoms with Crippen molar-refractivity contribution < 1.29 is 9.47 Å². The van der Waals surface area contributed by atoms with E-state index < -0.39 is 0 Å². The standard InChI is InChI=1S/C8H14O2/c1-2-6-10-8-4-3-7(8)9-5-1/h7-8H,1-6H2. The van der Waals surface area contributed by atoms with Crippen molar-refractivity contribution in [3.8, 4) is 0 Å². The molecule has 2 aliphatic rings. The highest BCUT2D eigenvalue weighted by atomic mass is 16.5. The Hall–Kier alpha value is -0.0800. The number of fused-ring (bicyclic) bond motifs is 1. The number of hydrogen-bond acceptors (Lipinski definition) is 2. The Morgan fingerprint density at radius 1 is 0.800 bits per heavy atom. The molecule has 0 N–H and O–H groups in total. The second-order valence-electron chi connectivity index (χ2n) is 3.10. The molecule has 2 heteroatoms. The van der Waals surface area contributed by atoms with E-state index in [9.17, 15) is 0 Å². The van der Waals surface area contributed by atoms with Gasteiger partial charge in [0.1, 0.15) is 0 Å². The summed E-state index contributed by atoms with van der Waals surface area (Å²) in [6.45, 7) is 1.90. The van der Waals surface area contributed by atoms with Crippen LogP contribution in [0.4, 0.5) is 0 Å². The maximum atomic E-state index is 5.56. The minimum Gasteiger partial charge on any atom is -0.376 e. The molecule has 2 rings (SSSR count). The largest absolute Gasteiger partial charge is 0.376 e. The van der Waals surface area contributed by atoms with Gasteiger partial charge >= 0.3 is 0 Å². The summed E-state index contributed by atoms with van der Waals surface area (Å²) in [6, 6.07) is 0. The van der Waals surface area contributed by atoms with Crippen LogP contribution in [-0.2, 0) is 9.47 Å². The molecule has 10 heavy (non-hydrogen) atoms. The van der Waals surface area contributed by atoms with Crippen molar-refractivity contribution in [2.75, 3.05) is 13.2 Å². The molecule has 1 saturated carbocycles. The van der Waals surface area contributed by atoms with Crippen molar-refractivity contribution in [2.45, 2.75) is 37.9 Å². The van der Waals surface area contributed by atoms with E-state index in [2.05, 4.69) is 0 Å². The van der Waals surface area contributed by atoms with E-state index in [1.165, 1.54) is 25.7 Å². The van der Waals surface area contributed by atoms with Crippen LogP contribution in [0.3, 0.4) is 0 Å². The zero-order valence-corrected chi connectivity index (χ0v) is 6.21. The molecule has 1 aliphatic carbocycles. The van der Waals surface area contributed by atoms with Gasteiger partial charge in [-0.25, -0.2) is 0 Å². The molecule has 0 spiro atoms. The molecular weight excluding hydrogens is 128 g/mol. The Kier molecular flexibility index (Phi) is 1.91. The molecule has 0 bridgehead atoms. The molecule has 0 aromatic heterocycles. The average molecular weight is 142 g/mol. The third-order valence-electron chi connectivity index (χ3n) is 2.35. The van der Waals surface area contributed by atoms with Gasteiger partial charge in [-0.2, -0.15) is 0 Å². The molecule has 0 aromatic rings. The van der Waals surface area contributed by atoms with E-state index in [4.69, 9.17) is 9.47 Å². The molecule has 2 atom stereocenters. The third-order valence-corrected chi connectivity index (χ3v) is 2.35. The second kappa shape index (κ2) is 2.89. The van der Waals surface area contributed by atoms with Crippen molar-refractivity contribution in [3.63, 3.8) is 0 Å². The molecule has 0 aromatic carbocycles. The molecule has 2 nitrogen and oxygen atoms in total. The fourth-order valence-electron chi connectivity index (χ4n) is 1.49. The minimum absolute atomic E-state index is 0.445. The zero-order valence-electron chi connectivity index (χ0n) is 6.21. The van der Waals surface area contributed by atoms with Gasteiger partial charge < -0.3 is 9.47 Å². The van der Waals surface area contributed by atoms with Crippen LogP contribution in [0.1, 0.15) is 25.7 Å². The lowest BCUT2D eigenvalue weighted by Gasteiger charge is -2.37. The van der Waals surface area contributed by atoms with Crippen molar-refractivity contribution in [3.05, 3.63) is 0 Å². The van der Waals surface area contributed by atoms with Crippen molar-refractivity contribution in [1.29, 1.82) is 0 Å². The first kappa shape index (κ1) is 6.62. The lowest BCUT2D eigenvalue weighted by Crippen LogP contribution is -2.42. The van der Waals surface area contributed by atoms with Gasteiger partial charge in [0.05, 0.1) is 12.2 Å². The molecule has 58 valence electrons. The molecule has 0 radical (unpaired) electrons. The average Bonchev–Trinajstić information content (AvgIpc) is 1.89. The normalized spacial score (nSPS) is 40.8. The molecule has 1 aliphatic heterocycles. The maximum absolute atomic E-state index is 5.56. The Labute approximate surface area is 61.5 Å². The van der Waals surface area contributed by atoms with Gasteiger partial charge in [0.2, 0.25) is 0 Å². The molecule has 1 heterocycles. The molecular formula is C8H14O2. The van der Waals surface area contributed by atoms with Gasteiger partial charge in [-0.15, -0.1) is 0 Å². The highest BCUT2D eigenvalue weighted by molar-refractivity contribution is 4.83. The summed E-state index contributed by atoms with van der Waals surface area (Å²) < 4.78 is 11.1. The van der Waals surface area contributed by atoms with E-state index in [-0.39, 0.29) is 0 Å². The van der Waals surface area contributed by atoms with Gasteiger partial charge in [-0.3, -0.25) is 0 Å². The number of rotatable bonds is 0. The lowest BCUT2D eigenvalue weighted by molar-refractivity contribution is -0.141. The van der Waals surface area contributed by atoms with E-state index >= 15 is 0 Å². The highest BCUT2D eigenvalue weighted by Gasteiger charge is 2.32. The van der Waals surface area contributed by atoms with E-state index in [1.54, 1.807) is 0 Å². The molecule has 2 fully saturated rings. The summed E-state index contributed by atoms with van der Waals surface area (Å²) in [7, 11) is 0. The topological polar surface area (TPSA) is 18.5 Å². The monoisotopic (exact) mass is 142 g/mol. The van der Waals surface area contributed by atoms with Crippen LogP contribution in [0, 0.1) is 0 Å². The van der Waals surface area contributed by atoms with Crippen LogP contribution >= 0.6 is 0 Å². The van der Waals surface area contributed by atoms with Crippen LogP contribution in [0.5, 0.6) is 0 Å². The maximum Gasteiger partial charge on any atom is 0.0837 e. The third kappa shape index (κ3) is 1.18. The van der Waals surface area contributed by atoms with Crippen LogP contribution < -0.4 is 0 Å².